The van der Waals surface area contributed by atoms with Crippen LogP contribution in [0, 0.1) is 0 Å². The van der Waals surface area contributed by atoms with Crippen LogP contribution in [-0.2, 0) is 13.0 Å². The number of hydrogen-bond donors (Lipinski definition) is 1. The van der Waals surface area contributed by atoms with E-state index in [-0.39, 0.29) is 0 Å². The van der Waals surface area contributed by atoms with Gasteiger partial charge >= 0.3 is 0 Å². The summed E-state index contributed by atoms with van der Waals surface area (Å²) in [5.74, 6) is 0. The van der Waals surface area contributed by atoms with Crippen molar-refractivity contribution in [3.05, 3.63) is 23.5 Å². The highest BCUT2D eigenvalue weighted by atomic mass is 16.5. The van der Waals surface area contributed by atoms with Crippen LogP contribution in [0.5, 0.6) is 0 Å². The maximum absolute atomic E-state index is 5.54. The zero-order valence-electron chi connectivity index (χ0n) is 8.16. The number of pyridine rings is 1. The van der Waals surface area contributed by atoms with Gasteiger partial charge in [-0.05, 0) is 18.1 Å². The van der Waals surface area contributed by atoms with E-state index in [9.17, 15) is 0 Å². The summed E-state index contributed by atoms with van der Waals surface area (Å²) in [6, 6.07) is 2.00. The van der Waals surface area contributed by atoms with Gasteiger partial charge in [-0.2, -0.15) is 0 Å². The van der Waals surface area contributed by atoms with Crippen molar-refractivity contribution in [2.45, 2.75) is 26.3 Å². The second-order valence-corrected chi connectivity index (χ2v) is 3.28. The summed E-state index contributed by atoms with van der Waals surface area (Å²) in [5, 5.41) is 4.98. The summed E-state index contributed by atoms with van der Waals surface area (Å²) >= 11 is 0. The molecule has 0 fully saturated rings. The standard InChI is InChI=1S/C10H13N3O/c1-2-3-9-8-4-7(5-11)6-12-10(8)14-13-9/h4,6H,2-3,5,11H2,1H3. The predicted molar refractivity (Wildman–Crippen MR) is 53.7 cm³/mol. The molecule has 0 aliphatic heterocycles. The van der Waals surface area contributed by atoms with Crippen LogP contribution >= 0.6 is 0 Å². The second kappa shape index (κ2) is 3.75. The maximum atomic E-state index is 5.54. The number of nitrogens with zero attached hydrogens (tertiary/aromatic N) is 2. The Morgan fingerprint density at radius 1 is 1.50 bits per heavy atom. The first-order chi connectivity index (χ1) is 6.85. The molecule has 0 aliphatic carbocycles. The van der Waals surface area contributed by atoms with Gasteiger partial charge in [-0.25, -0.2) is 4.98 Å². The Hall–Kier alpha value is -1.42. The molecule has 2 heterocycles. The van der Waals surface area contributed by atoms with Gasteiger partial charge in [0.2, 0.25) is 0 Å². The number of fused-ring (bicyclic) bond motifs is 1. The van der Waals surface area contributed by atoms with Crippen molar-refractivity contribution in [3.63, 3.8) is 0 Å². The van der Waals surface area contributed by atoms with Crippen LogP contribution in [0.25, 0.3) is 11.1 Å². The smallest absolute Gasteiger partial charge is 0.257 e. The van der Waals surface area contributed by atoms with Gasteiger partial charge in [-0.3, -0.25) is 0 Å². The number of hydrogen-bond acceptors (Lipinski definition) is 4. The highest BCUT2D eigenvalue weighted by Crippen LogP contribution is 2.18. The van der Waals surface area contributed by atoms with E-state index in [0.29, 0.717) is 12.3 Å². The lowest BCUT2D eigenvalue weighted by Crippen LogP contribution is -1.96. The lowest BCUT2D eigenvalue weighted by Gasteiger charge is -1.95. The van der Waals surface area contributed by atoms with Crippen LogP contribution < -0.4 is 5.73 Å². The van der Waals surface area contributed by atoms with Gasteiger partial charge in [0.05, 0.1) is 11.1 Å². The molecule has 0 aliphatic rings. The van der Waals surface area contributed by atoms with Crippen molar-refractivity contribution in [1.82, 2.24) is 10.1 Å². The molecule has 74 valence electrons. The second-order valence-electron chi connectivity index (χ2n) is 3.28. The van der Waals surface area contributed by atoms with Crippen molar-refractivity contribution >= 4 is 11.1 Å². The molecule has 0 unspecified atom stereocenters. The van der Waals surface area contributed by atoms with Gasteiger partial charge in [0.25, 0.3) is 5.71 Å². The molecule has 0 aromatic carbocycles. The summed E-state index contributed by atoms with van der Waals surface area (Å²) in [6.45, 7) is 2.61. The van der Waals surface area contributed by atoms with E-state index in [1.165, 1.54) is 0 Å². The highest BCUT2D eigenvalue weighted by Gasteiger charge is 2.08. The van der Waals surface area contributed by atoms with Gasteiger partial charge < -0.3 is 10.3 Å². The third-order valence-corrected chi connectivity index (χ3v) is 2.18. The van der Waals surface area contributed by atoms with Crippen LogP contribution in [0.15, 0.2) is 16.8 Å². The minimum Gasteiger partial charge on any atom is -0.336 e. The van der Waals surface area contributed by atoms with Crippen molar-refractivity contribution < 1.29 is 4.52 Å². The van der Waals surface area contributed by atoms with E-state index in [4.69, 9.17) is 10.3 Å². The average Bonchev–Trinajstić information content (AvgIpc) is 2.61. The van der Waals surface area contributed by atoms with E-state index >= 15 is 0 Å². The van der Waals surface area contributed by atoms with Crippen LogP contribution in [0.1, 0.15) is 24.6 Å². The lowest BCUT2D eigenvalue weighted by atomic mass is 10.1. The average molecular weight is 191 g/mol. The van der Waals surface area contributed by atoms with Crippen molar-refractivity contribution in [1.29, 1.82) is 0 Å². The topological polar surface area (TPSA) is 64.9 Å². The van der Waals surface area contributed by atoms with Gasteiger partial charge in [-0.15, -0.1) is 0 Å². The van der Waals surface area contributed by atoms with Crippen LogP contribution in [0.3, 0.4) is 0 Å². The van der Waals surface area contributed by atoms with E-state index in [1.54, 1.807) is 6.20 Å². The Kier molecular flexibility index (Phi) is 2.45. The number of aryl methyl sites for hydroxylation is 1. The SMILES string of the molecule is CCCc1noc2ncc(CN)cc12. The number of rotatable bonds is 3. The lowest BCUT2D eigenvalue weighted by molar-refractivity contribution is 0.438. The fourth-order valence-electron chi connectivity index (χ4n) is 1.45. The molecule has 0 bridgehead atoms. The van der Waals surface area contributed by atoms with Gasteiger partial charge in [-0.1, -0.05) is 18.5 Å². The van der Waals surface area contributed by atoms with Crippen LogP contribution in [0.2, 0.25) is 0 Å². The Morgan fingerprint density at radius 3 is 3.07 bits per heavy atom. The minimum atomic E-state index is 0.500. The molecule has 4 nitrogen and oxygen atoms in total. The molecule has 2 aromatic heterocycles. The first-order valence-electron chi connectivity index (χ1n) is 4.78. The summed E-state index contributed by atoms with van der Waals surface area (Å²) in [4.78, 5) is 4.15. The van der Waals surface area contributed by atoms with Crippen molar-refractivity contribution in [2.24, 2.45) is 5.73 Å². The van der Waals surface area contributed by atoms with E-state index in [2.05, 4.69) is 17.1 Å². The first-order valence-corrected chi connectivity index (χ1v) is 4.78. The third-order valence-electron chi connectivity index (χ3n) is 2.18. The van der Waals surface area contributed by atoms with E-state index < -0.39 is 0 Å². The fourth-order valence-corrected chi connectivity index (χ4v) is 1.45. The number of nitrogens with two attached hydrogens (primary N) is 1. The Bertz CT molecular complexity index is 436. The molecule has 2 N–H and O–H groups in total. The Labute approximate surface area is 82.1 Å². The van der Waals surface area contributed by atoms with Gasteiger partial charge in [0.1, 0.15) is 0 Å². The summed E-state index contributed by atoms with van der Waals surface area (Å²) in [7, 11) is 0. The molecule has 0 atom stereocenters. The Morgan fingerprint density at radius 2 is 2.36 bits per heavy atom. The zero-order chi connectivity index (χ0) is 9.97. The Balaban J connectivity index is 2.52. The summed E-state index contributed by atoms with van der Waals surface area (Å²) < 4.78 is 5.10. The molecule has 2 rings (SSSR count). The molecule has 2 aromatic rings. The molecule has 0 spiro atoms. The third kappa shape index (κ3) is 1.48. The first kappa shape index (κ1) is 9.15. The molecule has 0 amide bonds. The zero-order valence-corrected chi connectivity index (χ0v) is 8.16. The summed E-state index contributed by atoms with van der Waals surface area (Å²) in [6.07, 6.45) is 3.69. The monoisotopic (exact) mass is 191 g/mol. The van der Waals surface area contributed by atoms with Gasteiger partial charge in [0.15, 0.2) is 0 Å². The van der Waals surface area contributed by atoms with Crippen molar-refractivity contribution in [2.75, 3.05) is 0 Å². The molecule has 4 heteroatoms. The quantitative estimate of drug-likeness (QED) is 0.800. The highest BCUT2D eigenvalue weighted by molar-refractivity contribution is 5.76. The van der Waals surface area contributed by atoms with E-state index in [0.717, 1.165) is 29.5 Å². The normalized spacial score (nSPS) is 11.0. The summed E-state index contributed by atoms with van der Waals surface area (Å²) in [5.41, 5.74) is 8.13. The molecule has 14 heavy (non-hydrogen) atoms. The molecule has 0 saturated carbocycles. The van der Waals surface area contributed by atoms with Crippen LogP contribution in [-0.4, -0.2) is 10.1 Å². The molecular formula is C10H13N3O. The molecule has 0 radical (unpaired) electrons. The largest absolute Gasteiger partial charge is 0.336 e. The predicted octanol–water partition coefficient (Wildman–Crippen LogP) is 1.63. The fraction of sp³-hybridized carbons (Fsp3) is 0.400. The molecular weight excluding hydrogens is 178 g/mol. The van der Waals surface area contributed by atoms with Crippen LogP contribution in [0.4, 0.5) is 0 Å². The number of aromatic nitrogens is 2. The maximum Gasteiger partial charge on any atom is 0.257 e. The minimum absolute atomic E-state index is 0.500. The van der Waals surface area contributed by atoms with E-state index in [1.807, 2.05) is 6.07 Å². The molecule has 0 saturated heterocycles. The van der Waals surface area contributed by atoms with Gasteiger partial charge in [0, 0.05) is 12.7 Å². The van der Waals surface area contributed by atoms with Crippen molar-refractivity contribution in [3.8, 4) is 0 Å².